The maximum Gasteiger partial charge on any atom is 0.241 e. The fourth-order valence-electron chi connectivity index (χ4n) is 2.00. The van der Waals surface area contributed by atoms with Gasteiger partial charge in [0.2, 0.25) is 15.9 Å². The Morgan fingerprint density at radius 3 is 2.48 bits per heavy atom. The molecule has 134 valence electrons. The third-order valence-electron chi connectivity index (χ3n) is 3.01. The minimum Gasteiger partial charge on any atom is -0.491 e. The molecule has 0 aliphatic rings. The van der Waals surface area contributed by atoms with E-state index in [2.05, 4.69) is 15.0 Å². The maximum absolute atomic E-state index is 12.1. The van der Waals surface area contributed by atoms with Crippen molar-refractivity contribution in [1.82, 2.24) is 10.3 Å². The molecular formula is C17H21N3O4S. The number of nitrogens with one attached hydrogen (secondary N) is 2. The monoisotopic (exact) mass is 363 g/mol. The van der Waals surface area contributed by atoms with Gasteiger partial charge in [-0.1, -0.05) is 6.07 Å². The van der Waals surface area contributed by atoms with Crippen LogP contribution >= 0.6 is 0 Å². The highest BCUT2D eigenvalue weighted by molar-refractivity contribution is 7.93. The minimum absolute atomic E-state index is 0.0327. The van der Waals surface area contributed by atoms with Gasteiger partial charge in [-0.25, -0.2) is 8.42 Å². The molecule has 0 unspecified atom stereocenters. The lowest BCUT2D eigenvalue weighted by molar-refractivity contribution is -0.118. The molecule has 1 heterocycles. The van der Waals surface area contributed by atoms with Crippen molar-refractivity contribution in [2.75, 3.05) is 10.5 Å². The summed E-state index contributed by atoms with van der Waals surface area (Å²) >= 11 is 0. The van der Waals surface area contributed by atoms with Gasteiger partial charge in [0.1, 0.15) is 11.5 Å². The summed E-state index contributed by atoms with van der Waals surface area (Å²) in [6, 6.07) is 11.8. The summed E-state index contributed by atoms with van der Waals surface area (Å²) in [7, 11) is -3.80. The Bertz CT molecular complexity index is 790. The lowest BCUT2D eigenvalue weighted by atomic mass is 10.3. The Morgan fingerprint density at radius 1 is 1.16 bits per heavy atom. The van der Waals surface area contributed by atoms with Crippen LogP contribution in [0.4, 0.5) is 5.69 Å². The first-order valence-corrected chi connectivity index (χ1v) is 9.43. The van der Waals surface area contributed by atoms with Crippen LogP contribution < -0.4 is 14.8 Å². The van der Waals surface area contributed by atoms with Gasteiger partial charge in [-0.2, -0.15) is 0 Å². The number of nitrogens with zero attached hydrogens (tertiary/aromatic N) is 1. The predicted octanol–water partition coefficient (Wildman–Crippen LogP) is 1.93. The molecule has 0 spiro atoms. The first-order valence-electron chi connectivity index (χ1n) is 7.78. The van der Waals surface area contributed by atoms with Gasteiger partial charge in [0, 0.05) is 11.9 Å². The van der Waals surface area contributed by atoms with Crippen molar-refractivity contribution >= 4 is 21.6 Å². The third-order valence-corrected chi connectivity index (χ3v) is 4.20. The van der Waals surface area contributed by atoms with Gasteiger partial charge in [0.25, 0.3) is 0 Å². The smallest absolute Gasteiger partial charge is 0.241 e. The summed E-state index contributed by atoms with van der Waals surface area (Å²) < 4.78 is 32.0. The van der Waals surface area contributed by atoms with E-state index < -0.39 is 21.7 Å². The number of pyridine rings is 1. The second-order valence-electron chi connectivity index (χ2n) is 5.65. The molecule has 2 aromatic rings. The topological polar surface area (TPSA) is 97.4 Å². The molecule has 25 heavy (non-hydrogen) atoms. The second kappa shape index (κ2) is 8.48. The van der Waals surface area contributed by atoms with Crippen LogP contribution in [-0.2, 0) is 21.4 Å². The molecular weight excluding hydrogens is 342 g/mol. The molecule has 0 saturated carbocycles. The van der Waals surface area contributed by atoms with Gasteiger partial charge in [-0.3, -0.25) is 14.5 Å². The van der Waals surface area contributed by atoms with E-state index in [1.807, 2.05) is 13.8 Å². The van der Waals surface area contributed by atoms with Crippen molar-refractivity contribution in [3.05, 3.63) is 54.4 Å². The molecule has 8 heteroatoms. The number of sulfonamides is 1. The number of benzene rings is 1. The number of amides is 1. The fourth-order valence-corrected chi connectivity index (χ4v) is 3.02. The summed E-state index contributed by atoms with van der Waals surface area (Å²) in [4.78, 5) is 15.9. The van der Waals surface area contributed by atoms with Crippen molar-refractivity contribution < 1.29 is 17.9 Å². The maximum atomic E-state index is 12.1. The van der Waals surface area contributed by atoms with Crippen LogP contribution in [0.25, 0.3) is 0 Å². The molecule has 0 fully saturated rings. The molecule has 0 radical (unpaired) electrons. The van der Waals surface area contributed by atoms with Crippen LogP contribution in [0.15, 0.2) is 48.7 Å². The summed E-state index contributed by atoms with van der Waals surface area (Å²) in [5, 5.41) is 2.53. The normalized spacial score (nSPS) is 11.2. The van der Waals surface area contributed by atoms with Crippen LogP contribution in [0.1, 0.15) is 19.5 Å². The van der Waals surface area contributed by atoms with E-state index in [0.717, 1.165) is 0 Å². The molecule has 2 rings (SSSR count). The van der Waals surface area contributed by atoms with Crippen LogP contribution in [0.2, 0.25) is 0 Å². The molecule has 1 aromatic carbocycles. The number of carbonyl (C=O) groups is 1. The van der Waals surface area contributed by atoms with E-state index in [1.54, 1.807) is 48.7 Å². The molecule has 1 amide bonds. The molecule has 0 aliphatic carbocycles. The predicted molar refractivity (Wildman–Crippen MR) is 95.7 cm³/mol. The summed E-state index contributed by atoms with van der Waals surface area (Å²) in [5.74, 6) is -0.617. The minimum atomic E-state index is -3.80. The number of anilines is 1. The van der Waals surface area contributed by atoms with E-state index in [4.69, 9.17) is 4.74 Å². The number of hydrogen-bond acceptors (Lipinski definition) is 5. The van der Waals surface area contributed by atoms with Gasteiger partial charge in [0.15, 0.2) is 0 Å². The lowest BCUT2D eigenvalue weighted by Gasteiger charge is -2.11. The number of aromatic nitrogens is 1. The van der Waals surface area contributed by atoms with Crippen LogP contribution in [0.5, 0.6) is 5.75 Å². The summed E-state index contributed by atoms with van der Waals surface area (Å²) in [6.07, 6.45) is 1.64. The van der Waals surface area contributed by atoms with Gasteiger partial charge < -0.3 is 10.1 Å². The number of carbonyl (C=O) groups excluding carboxylic acids is 1. The van der Waals surface area contributed by atoms with Gasteiger partial charge >= 0.3 is 0 Å². The van der Waals surface area contributed by atoms with Crippen molar-refractivity contribution in [2.24, 2.45) is 0 Å². The Balaban J connectivity index is 1.87. The Kier molecular flexibility index (Phi) is 6.35. The summed E-state index contributed by atoms with van der Waals surface area (Å²) in [6.45, 7) is 3.98. The van der Waals surface area contributed by atoms with Crippen LogP contribution in [0, 0.1) is 0 Å². The highest BCUT2D eigenvalue weighted by atomic mass is 32.2. The Hall–Kier alpha value is -2.61. The second-order valence-corrected chi connectivity index (χ2v) is 7.37. The van der Waals surface area contributed by atoms with Gasteiger partial charge in [-0.05, 0) is 50.2 Å². The van der Waals surface area contributed by atoms with E-state index in [9.17, 15) is 13.2 Å². The average Bonchev–Trinajstić information content (AvgIpc) is 2.54. The number of hydrogen-bond donors (Lipinski definition) is 2. The van der Waals surface area contributed by atoms with E-state index in [1.165, 1.54) is 0 Å². The van der Waals surface area contributed by atoms with Gasteiger partial charge in [-0.15, -0.1) is 0 Å². The van der Waals surface area contributed by atoms with Crippen LogP contribution in [-0.4, -0.2) is 31.2 Å². The van der Waals surface area contributed by atoms with E-state index >= 15 is 0 Å². The van der Waals surface area contributed by atoms with E-state index in [-0.39, 0.29) is 12.6 Å². The largest absolute Gasteiger partial charge is 0.491 e. The molecule has 2 N–H and O–H groups in total. The Labute approximate surface area is 147 Å². The first-order chi connectivity index (χ1) is 11.8. The quantitative estimate of drug-likeness (QED) is 0.747. The highest BCUT2D eigenvalue weighted by Crippen LogP contribution is 2.17. The Morgan fingerprint density at radius 2 is 1.88 bits per heavy atom. The van der Waals surface area contributed by atoms with Gasteiger partial charge in [0.05, 0.1) is 18.3 Å². The van der Waals surface area contributed by atoms with Crippen LogP contribution in [0.3, 0.4) is 0 Å². The summed E-state index contributed by atoms with van der Waals surface area (Å²) in [5.41, 5.74) is 1.02. The lowest BCUT2D eigenvalue weighted by Crippen LogP contribution is -2.32. The fraction of sp³-hybridized carbons (Fsp3) is 0.294. The zero-order valence-electron chi connectivity index (χ0n) is 14.1. The molecule has 0 bridgehead atoms. The van der Waals surface area contributed by atoms with E-state index in [0.29, 0.717) is 17.1 Å². The molecule has 0 saturated heterocycles. The van der Waals surface area contributed by atoms with Crippen molar-refractivity contribution in [2.45, 2.75) is 26.5 Å². The molecule has 1 aromatic heterocycles. The number of rotatable bonds is 8. The SMILES string of the molecule is CC(C)Oc1ccc(NS(=O)(=O)CC(=O)NCc2ccccn2)cc1. The highest BCUT2D eigenvalue weighted by Gasteiger charge is 2.16. The van der Waals surface area contributed by atoms with Crippen molar-refractivity contribution in [3.8, 4) is 5.75 Å². The first kappa shape index (κ1) is 18.7. The standard InChI is InChI=1S/C17H21N3O4S/c1-13(2)24-16-8-6-14(7-9-16)20-25(22,23)12-17(21)19-11-15-5-3-4-10-18-15/h3-10,13,20H,11-12H2,1-2H3,(H,19,21). The van der Waals surface area contributed by atoms with Crippen molar-refractivity contribution in [3.63, 3.8) is 0 Å². The zero-order valence-corrected chi connectivity index (χ0v) is 14.9. The average molecular weight is 363 g/mol. The number of ether oxygens (including phenoxy) is 1. The molecule has 7 nitrogen and oxygen atoms in total. The molecule has 0 atom stereocenters. The van der Waals surface area contributed by atoms with Crippen molar-refractivity contribution in [1.29, 1.82) is 0 Å². The molecule has 0 aliphatic heterocycles. The third kappa shape index (κ3) is 6.80. The zero-order chi connectivity index (χ0) is 18.3.